The van der Waals surface area contributed by atoms with Crippen molar-refractivity contribution in [2.24, 2.45) is 9.98 Å². The van der Waals surface area contributed by atoms with Crippen molar-refractivity contribution in [1.29, 1.82) is 0 Å². The topological polar surface area (TPSA) is 102 Å². The van der Waals surface area contributed by atoms with Crippen LogP contribution in [-0.4, -0.2) is 86.6 Å². The van der Waals surface area contributed by atoms with Crippen molar-refractivity contribution in [2.45, 2.75) is 31.3 Å². The zero-order chi connectivity index (χ0) is 28.7. The van der Waals surface area contributed by atoms with Gasteiger partial charge in [0.15, 0.2) is 23.0 Å². The number of amides is 2. The number of hydrogen-bond donors (Lipinski definition) is 0. The van der Waals surface area contributed by atoms with Crippen LogP contribution in [0.4, 0.5) is 11.4 Å². The number of carbonyl (C=O) groups is 2. The van der Waals surface area contributed by atoms with Crippen LogP contribution in [0.2, 0.25) is 0 Å². The number of benzene rings is 2. The molecule has 10 heteroatoms. The Morgan fingerprint density at radius 1 is 0.732 bits per heavy atom. The first-order valence-electron chi connectivity index (χ1n) is 13.6. The summed E-state index contributed by atoms with van der Waals surface area (Å²) in [5.41, 5.74) is 4.10. The third kappa shape index (κ3) is 4.94. The van der Waals surface area contributed by atoms with E-state index in [-0.39, 0.29) is 23.9 Å². The van der Waals surface area contributed by atoms with Crippen LogP contribution in [0.25, 0.3) is 0 Å². The number of fused-ring (bicyclic) bond motifs is 4. The molecule has 0 radical (unpaired) electrons. The van der Waals surface area contributed by atoms with Crippen molar-refractivity contribution in [3.8, 4) is 23.0 Å². The van der Waals surface area contributed by atoms with E-state index in [2.05, 4.69) is 23.1 Å². The summed E-state index contributed by atoms with van der Waals surface area (Å²) in [6, 6.07) is 6.69. The Kier molecular flexibility index (Phi) is 6.98. The number of rotatable bonds is 8. The Bertz CT molecular complexity index is 1400. The molecule has 212 valence electrons. The molecule has 0 bridgehead atoms. The van der Waals surface area contributed by atoms with Gasteiger partial charge in [-0.2, -0.15) is 0 Å². The van der Waals surface area contributed by atoms with Crippen molar-refractivity contribution in [3.63, 3.8) is 0 Å². The van der Waals surface area contributed by atoms with Gasteiger partial charge in [-0.25, -0.2) is 0 Å². The first kappa shape index (κ1) is 26.6. The van der Waals surface area contributed by atoms with Gasteiger partial charge < -0.3 is 28.7 Å². The van der Waals surface area contributed by atoms with Crippen LogP contribution >= 0.6 is 0 Å². The maximum absolute atomic E-state index is 13.2. The predicted octanol–water partition coefficient (Wildman–Crippen LogP) is 4.52. The third-order valence-corrected chi connectivity index (χ3v) is 7.71. The molecular weight excluding hydrogens is 524 g/mol. The van der Waals surface area contributed by atoms with Gasteiger partial charge in [0.2, 0.25) is 0 Å². The van der Waals surface area contributed by atoms with Crippen LogP contribution in [0, 0.1) is 0 Å². The first-order valence-corrected chi connectivity index (χ1v) is 13.6. The highest BCUT2D eigenvalue weighted by Crippen LogP contribution is 2.40. The van der Waals surface area contributed by atoms with E-state index in [0.717, 1.165) is 24.0 Å². The highest BCUT2D eigenvalue weighted by molar-refractivity contribution is 6.04. The van der Waals surface area contributed by atoms with Gasteiger partial charge in [-0.15, -0.1) is 0 Å². The summed E-state index contributed by atoms with van der Waals surface area (Å²) < 4.78 is 23.1. The maximum atomic E-state index is 13.2. The lowest BCUT2D eigenvalue weighted by atomic mass is 10.1. The second-order valence-corrected chi connectivity index (χ2v) is 10.6. The molecule has 1 unspecified atom stereocenters. The summed E-state index contributed by atoms with van der Waals surface area (Å²) in [4.78, 5) is 39.1. The number of ether oxygens (including phenoxy) is 4. The normalized spacial score (nSPS) is 20.7. The Balaban J connectivity index is 1.11. The number of aliphatic imine (C=N–C) groups is 2. The maximum Gasteiger partial charge on any atom is 0.257 e. The van der Waals surface area contributed by atoms with Gasteiger partial charge in [0, 0.05) is 44.1 Å². The van der Waals surface area contributed by atoms with Crippen molar-refractivity contribution in [3.05, 3.63) is 59.7 Å². The highest BCUT2D eigenvalue weighted by Gasteiger charge is 2.35. The molecule has 4 aliphatic rings. The van der Waals surface area contributed by atoms with Crippen LogP contribution in [0.15, 0.2) is 58.6 Å². The second kappa shape index (κ2) is 10.8. The summed E-state index contributed by atoms with van der Waals surface area (Å²) in [5, 5.41) is 0. The lowest BCUT2D eigenvalue weighted by Crippen LogP contribution is -2.35. The Labute approximate surface area is 238 Å². The van der Waals surface area contributed by atoms with Gasteiger partial charge in [-0.1, -0.05) is 24.3 Å². The largest absolute Gasteiger partial charge is 0.493 e. The van der Waals surface area contributed by atoms with E-state index in [4.69, 9.17) is 18.9 Å². The van der Waals surface area contributed by atoms with E-state index < -0.39 is 0 Å². The van der Waals surface area contributed by atoms with Gasteiger partial charge >= 0.3 is 0 Å². The SMILES string of the molecule is C=C1CC2C=Nc3cc(OCCCOc4cc5c(cc4OC)C(=O)N4CC(=C)C[C@H]4C=N5)c(OC)cc3C(=O)N2C1. The molecule has 4 aliphatic heterocycles. The molecule has 41 heavy (non-hydrogen) atoms. The van der Waals surface area contributed by atoms with Crippen molar-refractivity contribution < 1.29 is 28.5 Å². The predicted molar refractivity (Wildman–Crippen MR) is 155 cm³/mol. The smallest absolute Gasteiger partial charge is 0.257 e. The zero-order valence-electron chi connectivity index (χ0n) is 23.2. The fourth-order valence-electron chi connectivity index (χ4n) is 5.63. The average Bonchev–Trinajstić information content (AvgIpc) is 3.48. The minimum atomic E-state index is -0.0917. The van der Waals surface area contributed by atoms with Crippen LogP contribution in [0.5, 0.6) is 23.0 Å². The lowest BCUT2D eigenvalue weighted by Gasteiger charge is -2.20. The third-order valence-electron chi connectivity index (χ3n) is 7.71. The molecule has 0 N–H and O–H groups in total. The van der Waals surface area contributed by atoms with E-state index >= 15 is 0 Å². The molecule has 2 aromatic carbocycles. The monoisotopic (exact) mass is 556 g/mol. The fraction of sp³-hybridized carbons (Fsp3) is 0.355. The molecule has 6 rings (SSSR count). The zero-order valence-corrected chi connectivity index (χ0v) is 23.2. The lowest BCUT2D eigenvalue weighted by molar-refractivity contribution is 0.0770. The molecule has 4 heterocycles. The first-order chi connectivity index (χ1) is 19.9. The van der Waals surface area contributed by atoms with Crippen LogP contribution in [-0.2, 0) is 0 Å². The molecule has 0 saturated carbocycles. The fourth-order valence-corrected chi connectivity index (χ4v) is 5.63. The average molecular weight is 557 g/mol. The molecular formula is C31H32N4O6. The number of hydrogen-bond acceptors (Lipinski definition) is 8. The Morgan fingerprint density at radius 2 is 1.17 bits per heavy atom. The van der Waals surface area contributed by atoms with Gasteiger partial charge in [0.1, 0.15) is 0 Å². The molecule has 2 atom stereocenters. The molecule has 10 nitrogen and oxygen atoms in total. The highest BCUT2D eigenvalue weighted by atomic mass is 16.5. The molecule has 2 amide bonds. The van der Waals surface area contributed by atoms with Gasteiger partial charge in [0.05, 0.1) is 62.0 Å². The molecule has 0 aromatic heterocycles. The van der Waals surface area contributed by atoms with Gasteiger partial charge in [-0.05, 0) is 25.0 Å². The molecule has 2 saturated heterocycles. The summed E-state index contributed by atoms with van der Waals surface area (Å²) in [6.07, 6.45) is 5.60. The quantitative estimate of drug-likeness (QED) is 0.350. The minimum absolute atomic E-state index is 0.0826. The second-order valence-electron chi connectivity index (χ2n) is 10.6. The van der Waals surface area contributed by atoms with Crippen LogP contribution in [0.3, 0.4) is 0 Å². The van der Waals surface area contributed by atoms with E-state index in [1.165, 1.54) is 0 Å². The summed E-state index contributed by atoms with van der Waals surface area (Å²) in [5.74, 6) is 1.74. The van der Waals surface area contributed by atoms with Crippen molar-refractivity contribution in [1.82, 2.24) is 9.80 Å². The Hall–Kier alpha value is -4.60. The van der Waals surface area contributed by atoms with E-state index in [1.807, 2.05) is 0 Å². The number of carbonyl (C=O) groups excluding carboxylic acids is 2. The number of methoxy groups -OCH3 is 2. The number of nitrogens with zero attached hydrogens (tertiary/aromatic N) is 4. The molecule has 2 aromatic rings. The van der Waals surface area contributed by atoms with Crippen LogP contribution < -0.4 is 18.9 Å². The van der Waals surface area contributed by atoms with E-state index in [1.54, 1.807) is 60.7 Å². The van der Waals surface area contributed by atoms with Crippen molar-refractivity contribution >= 4 is 35.6 Å². The Morgan fingerprint density at radius 3 is 1.59 bits per heavy atom. The van der Waals surface area contributed by atoms with Gasteiger partial charge in [-0.3, -0.25) is 19.6 Å². The molecule has 2 fully saturated rings. The summed E-state index contributed by atoms with van der Waals surface area (Å²) in [7, 11) is 3.09. The molecule has 0 aliphatic carbocycles. The summed E-state index contributed by atoms with van der Waals surface area (Å²) >= 11 is 0. The minimum Gasteiger partial charge on any atom is -0.493 e. The van der Waals surface area contributed by atoms with E-state index in [9.17, 15) is 9.59 Å². The van der Waals surface area contributed by atoms with E-state index in [0.29, 0.717) is 78.2 Å². The molecule has 0 spiro atoms. The standard InChI is InChI=1S/C31H32N4O6/c1-18-8-20-14-32-24-12-28(26(38-3)10-22(24)30(36)34(20)16-18)40-6-5-7-41-29-13-25-23(11-27(29)39-4)31(37)35-17-19(2)9-21(35)15-33-25/h10-15,20-21H,1-2,5-9,16-17H2,3-4H3/t20-,21?/m0/s1. The van der Waals surface area contributed by atoms with Crippen LogP contribution in [0.1, 0.15) is 40.0 Å². The summed E-state index contributed by atoms with van der Waals surface area (Å²) in [6.45, 7) is 9.78. The van der Waals surface area contributed by atoms with Crippen molar-refractivity contribution in [2.75, 3.05) is 40.5 Å². The van der Waals surface area contributed by atoms with Gasteiger partial charge in [0.25, 0.3) is 11.8 Å².